The maximum Gasteiger partial charge on any atom is 0.306 e. The quantitative estimate of drug-likeness (QED) is 0.693. The fourth-order valence-electron chi connectivity index (χ4n) is 2.30. The summed E-state index contributed by atoms with van der Waals surface area (Å²) in [6.45, 7) is 2.17. The minimum absolute atomic E-state index is 0.0402. The Morgan fingerprint density at radius 1 is 1.50 bits per heavy atom. The van der Waals surface area contributed by atoms with E-state index in [1.807, 2.05) is 11.8 Å². The first-order valence-corrected chi connectivity index (χ1v) is 6.71. The Balaban J connectivity index is 2.19. The second-order valence-electron chi connectivity index (χ2n) is 3.97. The standard InChI is InChI=1S/C11H20O2S/c1-2-14-8-4-6-9-5-3-7-10(9)11(12)13/h9-10H,2-8H2,1H3,(H,12,13). The lowest BCUT2D eigenvalue weighted by atomic mass is 9.92. The second kappa shape index (κ2) is 6.33. The van der Waals surface area contributed by atoms with Crippen LogP contribution in [0.3, 0.4) is 0 Å². The van der Waals surface area contributed by atoms with Gasteiger partial charge in [-0.25, -0.2) is 0 Å². The Morgan fingerprint density at radius 3 is 2.93 bits per heavy atom. The van der Waals surface area contributed by atoms with E-state index in [0.29, 0.717) is 5.92 Å². The van der Waals surface area contributed by atoms with Crippen LogP contribution in [0.4, 0.5) is 0 Å². The molecule has 1 saturated carbocycles. The lowest BCUT2D eigenvalue weighted by molar-refractivity contribution is -0.143. The van der Waals surface area contributed by atoms with Crippen molar-refractivity contribution in [2.45, 2.75) is 39.0 Å². The zero-order chi connectivity index (χ0) is 10.4. The van der Waals surface area contributed by atoms with Crippen molar-refractivity contribution in [3.63, 3.8) is 0 Å². The topological polar surface area (TPSA) is 37.3 Å². The molecule has 1 aliphatic rings. The van der Waals surface area contributed by atoms with Gasteiger partial charge in [-0.15, -0.1) is 0 Å². The van der Waals surface area contributed by atoms with Crippen molar-refractivity contribution in [2.24, 2.45) is 11.8 Å². The Hall–Kier alpha value is -0.180. The van der Waals surface area contributed by atoms with Crippen LogP contribution in [0.15, 0.2) is 0 Å². The molecule has 2 nitrogen and oxygen atoms in total. The Kier molecular flexibility index (Phi) is 5.38. The molecule has 3 heteroatoms. The molecular weight excluding hydrogens is 196 g/mol. The monoisotopic (exact) mass is 216 g/mol. The van der Waals surface area contributed by atoms with Crippen LogP contribution in [-0.4, -0.2) is 22.6 Å². The van der Waals surface area contributed by atoms with E-state index in [1.165, 1.54) is 17.9 Å². The SMILES string of the molecule is CCSCCCC1CCCC1C(=O)O. The Bertz CT molecular complexity index is 182. The summed E-state index contributed by atoms with van der Waals surface area (Å²) in [6.07, 6.45) is 5.45. The molecular formula is C11H20O2S. The predicted molar refractivity (Wildman–Crippen MR) is 60.7 cm³/mol. The first-order chi connectivity index (χ1) is 6.75. The largest absolute Gasteiger partial charge is 0.481 e. The highest BCUT2D eigenvalue weighted by molar-refractivity contribution is 7.99. The summed E-state index contributed by atoms with van der Waals surface area (Å²) in [5.41, 5.74) is 0. The van der Waals surface area contributed by atoms with Gasteiger partial charge in [0.1, 0.15) is 0 Å². The zero-order valence-electron chi connectivity index (χ0n) is 8.87. The molecule has 82 valence electrons. The van der Waals surface area contributed by atoms with Crippen LogP contribution in [0.25, 0.3) is 0 Å². The summed E-state index contributed by atoms with van der Waals surface area (Å²) < 4.78 is 0. The fraction of sp³-hybridized carbons (Fsp3) is 0.909. The Morgan fingerprint density at radius 2 is 2.29 bits per heavy atom. The number of aliphatic carboxylic acids is 1. The summed E-state index contributed by atoms with van der Waals surface area (Å²) in [6, 6.07) is 0. The minimum atomic E-state index is -0.573. The molecule has 1 rings (SSSR count). The summed E-state index contributed by atoms with van der Waals surface area (Å²) in [5.74, 6) is 2.22. The first kappa shape index (κ1) is 11.9. The minimum Gasteiger partial charge on any atom is -0.481 e. The summed E-state index contributed by atoms with van der Waals surface area (Å²) in [5, 5.41) is 8.98. The smallest absolute Gasteiger partial charge is 0.306 e. The van der Waals surface area contributed by atoms with Gasteiger partial charge in [0.15, 0.2) is 0 Å². The van der Waals surface area contributed by atoms with Gasteiger partial charge in [0.25, 0.3) is 0 Å². The van der Waals surface area contributed by atoms with Crippen molar-refractivity contribution in [1.82, 2.24) is 0 Å². The lowest BCUT2D eigenvalue weighted by Gasteiger charge is -2.14. The van der Waals surface area contributed by atoms with E-state index in [2.05, 4.69) is 6.92 Å². The van der Waals surface area contributed by atoms with Crippen LogP contribution in [0, 0.1) is 11.8 Å². The molecule has 0 bridgehead atoms. The number of hydrogen-bond donors (Lipinski definition) is 1. The van der Waals surface area contributed by atoms with Gasteiger partial charge >= 0.3 is 5.97 Å². The average Bonchev–Trinajstić information content (AvgIpc) is 2.60. The zero-order valence-corrected chi connectivity index (χ0v) is 9.68. The molecule has 0 saturated heterocycles. The van der Waals surface area contributed by atoms with E-state index in [0.717, 1.165) is 25.7 Å². The predicted octanol–water partition coefficient (Wildman–Crippen LogP) is 3.02. The highest BCUT2D eigenvalue weighted by Crippen LogP contribution is 2.35. The van der Waals surface area contributed by atoms with E-state index in [-0.39, 0.29) is 5.92 Å². The first-order valence-electron chi connectivity index (χ1n) is 5.56. The lowest BCUT2D eigenvalue weighted by Crippen LogP contribution is -2.18. The normalized spacial score (nSPS) is 26.6. The van der Waals surface area contributed by atoms with Gasteiger partial charge in [-0.05, 0) is 43.1 Å². The number of thioether (sulfide) groups is 1. The van der Waals surface area contributed by atoms with Crippen LogP contribution >= 0.6 is 11.8 Å². The van der Waals surface area contributed by atoms with Crippen molar-refractivity contribution in [2.75, 3.05) is 11.5 Å². The molecule has 14 heavy (non-hydrogen) atoms. The molecule has 0 aromatic heterocycles. The molecule has 1 fully saturated rings. The Labute approximate surface area is 90.5 Å². The number of rotatable bonds is 6. The van der Waals surface area contributed by atoms with Crippen molar-refractivity contribution in [3.05, 3.63) is 0 Å². The second-order valence-corrected chi connectivity index (χ2v) is 5.37. The van der Waals surface area contributed by atoms with Gasteiger partial charge in [0, 0.05) is 0 Å². The molecule has 1 aliphatic carbocycles. The van der Waals surface area contributed by atoms with Gasteiger partial charge < -0.3 is 5.11 Å². The molecule has 0 spiro atoms. The van der Waals surface area contributed by atoms with Gasteiger partial charge in [-0.3, -0.25) is 4.79 Å². The number of carbonyl (C=O) groups is 1. The van der Waals surface area contributed by atoms with Gasteiger partial charge in [0.05, 0.1) is 5.92 Å². The summed E-state index contributed by atoms with van der Waals surface area (Å²) in [7, 11) is 0. The third-order valence-corrected chi connectivity index (χ3v) is 4.03. The van der Waals surface area contributed by atoms with E-state index >= 15 is 0 Å². The number of carboxylic acid groups (broad SMARTS) is 1. The molecule has 0 aliphatic heterocycles. The third kappa shape index (κ3) is 3.52. The summed E-state index contributed by atoms with van der Waals surface area (Å²) >= 11 is 1.95. The van der Waals surface area contributed by atoms with Gasteiger partial charge in [-0.2, -0.15) is 11.8 Å². The molecule has 0 heterocycles. The summed E-state index contributed by atoms with van der Waals surface area (Å²) in [4.78, 5) is 10.9. The van der Waals surface area contributed by atoms with Crippen LogP contribution in [0.1, 0.15) is 39.0 Å². The molecule has 0 radical (unpaired) electrons. The molecule has 1 N–H and O–H groups in total. The average molecular weight is 216 g/mol. The van der Waals surface area contributed by atoms with E-state index in [1.54, 1.807) is 0 Å². The van der Waals surface area contributed by atoms with Crippen molar-refractivity contribution >= 4 is 17.7 Å². The fourth-order valence-corrected chi connectivity index (χ4v) is 2.96. The molecule has 0 aromatic carbocycles. The van der Waals surface area contributed by atoms with E-state index in [9.17, 15) is 4.79 Å². The van der Waals surface area contributed by atoms with Crippen molar-refractivity contribution < 1.29 is 9.90 Å². The molecule has 0 aromatic rings. The third-order valence-electron chi connectivity index (χ3n) is 3.04. The number of hydrogen-bond acceptors (Lipinski definition) is 2. The van der Waals surface area contributed by atoms with Crippen LogP contribution < -0.4 is 0 Å². The highest BCUT2D eigenvalue weighted by atomic mass is 32.2. The van der Waals surface area contributed by atoms with Gasteiger partial charge in [-0.1, -0.05) is 13.3 Å². The van der Waals surface area contributed by atoms with Crippen molar-refractivity contribution in [1.29, 1.82) is 0 Å². The van der Waals surface area contributed by atoms with E-state index in [4.69, 9.17) is 5.11 Å². The molecule has 2 atom stereocenters. The van der Waals surface area contributed by atoms with E-state index < -0.39 is 5.97 Å². The van der Waals surface area contributed by atoms with Crippen LogP contribution in [0.5, 0.6) is 0 Å². The highest BCUT2D eigenvalue weighted by Gasteiger charge is 2.31. The molecule has 2 unspecified atom stereocenters. The maximum absolute atomic E-state index is 10.9. The van der Waals surface area contributed by atoms with Crippen LogP contribution in [-0.2, 0) is 4.79 Å². The van der Waals surface area contributed by atoms with Crippen molar-refractivity contribution in [3.8, 4) is 0 Å². The van der Waals surface area contributed by atoms with Gasteiger partial charge in [0.2, 0.25) is 0 Å². The maximum atomic E-state index is 10.9. The number of carboxylic acids is 1. The van der Waals surface area contributed by atoms with Crippen LogP contribution in [0.2, 0.25) is 0 Å². The molecule has 0 amide bonds.